The largest absolute Gasteiger partial charge is 0.507 e. The Morgan fingerprint density at radius 1 is 0.892 bits per heavy atom. The van der Waals surface area contributed by atoms with Crippen LogP contribution in [0.3, 0.4) is 0 Å². The van der Waals surface area contributed by atoms with Crippen molar-refractivity contribution in [3.8, 4) is 16.9 Å². The molecule has 3 heterocycles. The summed E-state index contributed by atoms with van der Waals surface area (Å²) >= 11 is 0. The zero-order valence-electron chi connectivity index (χ0n) is 20.7. The molecule has 192 valence electrons. The summed E-state index contributed by atoms with van der Waals surface area (Å²) in [5.74, 6) is -0.561. The maximum Gasteiger partial charge on any atom is 0.274 e. The lowest BCUT2D eigenvalue weighted by atomic mass is 9.98. The number of nitrogens with zero attached hydrogens (tertiary/aromatic N) is 3. The van der Waals surface area contributed by atoms with Gasteiger partial charge in [-0.15, -0.1) is 0 Å². The van der Waals surface area contributed by atoms with E-state index < -0.39 is 0 Å². The number of carbonyl (C=O) groups is 3. The van der Waals surface area contributed by atoms with Crippen LogP contribution in [-0.4, -0.2) is 63.7 Å². The standard InChI is InChI=1S/C28H31N5O4/c34-25-9-8-19-10-12-29-26(35)18-32(28(37)24-17-22-7-4-14-33(22)31-24)13-2-1-11-30-27(36)21-6-3-5-20(16-21)23(25)15-19/h3,5-6,8-9,15-17,34H,1-2,4,7,10-14,18H2,(H,29,35)(H,30,36). The minimum Gasteiger partial charge on any atom is -0.507 e. The van der Waals surface area contributed by atoms with Crippen LogP contribution in [0, 0.1) is 0 Å². The van der Waals surface area contributed by atoms with Crippen LogP contribution in [0.5, 0.6) is 5.75 Å². The predicted octanol–water partition coefficient (Wildman–Crippen LogP) is 2.53. The van der Waals surface area contributed by atoms with E-state index in [1.807, 2.05) is 28.9 Å². The van der Waals surface area contributed by atoms with Crippen molar-refractivity contribution in [3.63, 3.8) is 0 Å². The minimum atomic E-state index is -0.254. The zero-order valence-corrected chi connectivity index (χ0v) is 20.7. The van der Waals surface area contributed by atoms with Gasteiger partial charge in [0.25, 0.3) is 11.8 Å². The second-order valence-corrected chi connectivity index (χ2v) is 9.57. The first-order chi connectivity index (χ1) is 18.0. The van der Waals surface area contributed by atoms with Crippen molar-refractivity contribution in [2.45, 2.75) is 38.6 Å². The third-order valence-electron chi connectivity index (χ3n) is 6.88. The Bertz CT molecular complexity index is 1310. The van der Waals surface area contributed by atoms with Crippen molar-refractivity contribution < 1.29 is 19.5 Å². The Morgan fingerprint density at radius 2 is 1.76 bits per heavy atom. The lowest BCUT2D eigenvalue weighted by molar-refractivity contribution is -0.121. The van der Waals surface area contributed by atoms with Gasteiger partial charge in [-0.2, -0.15) is 5.10 Å². The van der Waals surface area contributed by atoms with E-state index in [1.165, 1.54) is 0 Å². The molecule has 0 atom stereocenters. The van der Waals surface area contributed by atoms with Crippen LogP contribution in [0.4, 0.5) is 0 Å². The number of nitrogens with one attached hydrogen (secondary N) is 2. The van der Waals surface area contributed by atoms with Crippen LogP contribution in [0.25, 0.3) is 11.1 Å². The predicted molar refractivity (Wildman–Crippen MR) is 138 cm³/mol. The Hall–Kier alpha value is -4.14. The zero-order chi connectivity index (χ0) is 25.8. The number of phenolic OH excluding ortho intramolecular Hbond substituents is 1. The van der Waals surface area contributed by atoms with Crippen LogP contribution in [0.2, 0.25) is 0 Å². The van der Waals surface area contributed by atoms with E-state index in [0.29, 0.717) is 55.7 Å². The number of rotatable bonds is 1. The summed E-state index contributed by atoms with van der Waals surface area (Å²) in [4.78, 5) is 40.3. The second-order valence-electron chi connectivity index (χ2n) is 9.57. The normalized spacial score (nSPS) is 16.8. The van der Waals surface area contributed by atoms with Crippen LogP contribution < -0.4 is 10.6 Å². The van der Waals surface area contributed by atoms with Crippen LogP contribution in [-0.2, 0) is 24.2 Å². The van der Waals surface area contributed by atoms with Gasteiger partial charge in [-0.1, -0.05) is 18.2 Å². The molecule has 3 amide bonds. The Morgan fingerprint density at radius 3 is 2.62 bits per heavy atom. The third-order valence-corrected chi connectivity index (χ3v) is 6.88. The monoisotopic (exact) mass is 501 g/mol. The summed E-state index contributed by atoms with van der Waals surface area (Å²) in [5, 5.41) is 20.7. The summed E-state index contributed by atoms with van der Waals surface area (Å²) in [6.07, 6.45) is 3.77. The molecule has 37 heavy (non-hydrogen) atoms. The van der Waals surface area contributed by atoms with Crippen LogP contribution in [0.15, 0.2) is 48.5 Å². The SMILES string of the molecule is O=C1CN(C(=O)c2cc3n(n2)CCC3)CCCCNC(=O)c2cccc(c2)-c2cc(ccc2O)CCN1. The highest BCUT2D eigenvalue weighted by Gasteiger charge is 2.24. The van der Waals surface area contributed by atoms with E-state index in [-0.39, 0.29) is 30.0 Å². The minimum absolute atomic E-state index is 0.0568. The molecule has 4 bridgehead atoms. The van der Waals surface area contributed by atoms with Gasteiger partial charge in [-0.05, 0) is 73.6 Å². The molecule has 0 saturated carbocycles. The molecule has 0 spiro atoms. The van der Waals surface area contributed by atoms with Gasteiger partial charge in [-0.25, -0.2) is 0 Å². The molecule has 0 aliphatic carbocycles. The summed E-state index contributed by atoms with van der Waals surface area (Å²) in [7, 11) is 0. The fourth-order valence-corrected chi connectivity index (χ4v) is 4.88. The van der Waals surface area contributed by atoms with Crippen molar-refractivity contribution in [2.75, 3.05) is 26.2 Å². The maximum atomic E-state index is 13.3. The average Bonchev–Trinajstić information content (AvgIpc) is 3.51. The van der Waals surface area contributed by atoms with Crippen molar-refractivity contribution >= 4 is 17.7 Å². The summed E-state index contributed by atoms with van der Waals surface area (Å²) in [5.41, 5.74) is 4.24. The molecule has 0 unspecified atom stereocenters. The van der Waals surface area contributed by atoms with Crippen molar-refractivity contribution in [3.05, 3.63) is 71.0 Å². The van der Waals surface area contributed by atoms with E-state index >= 15 is 0 Å². The number of hydrogen-bond acceptors (Lipinski definition) is 5. The number of fused-ring (bicyclic) bond motifs is 6. The first-order valence-corrected chi connectivity index (χ1v) is 12.8. The first kappa shape index (κ1) is 24.5. The van der Waals surface area contributed by atoms with Crippen molar-refractivity contribution in [2.24, 2.45) is 0 Å². The second kappa shape index (κ2) is 10.9. The number of aromatic nitrogens is 2. The number of aryl methyl sites for hydroxylation is 2. The number of phenols is 1. The highest BCUT2D eigenvalue weighted by atomic mass is 16.3. The van der Waals surface area contributed by atoms with E-state index in [1.54, 1.807) is 29.2 Å². The third kappa shape index (κ3) is 5.66. The number of amides is 3. The summed E-state index contributed by atoms with van der Waals surface area (Å²) < 4.78 is 1.87. The van der Waals surface area contributed by atoms with Gasteiger partial charge < -0.3 is 20.6 Å². The van der Waals surface area contributed by atoms with Gasteiger partial charge in [0.15, 0.2) is 5.69 Å². The molecule has 2 aliphatic heterocycles. The molecular weight excluding hydrogens is 470 g/mol. The molecule has 3 N–H and O–H groups in total. The lowest BCUT2D eigenvalue weighted by Gasteiger charge is -2.21. The van der Waals surface area contributed by atoms with Gasteiger partial charge in [0.05, 0.1) is 6.54 Å². The van der Waals surface area contributed by atoms with Crippen molar-refractivity contribution in [1.29, 1.82) is 0 Å². The van der Waals surface area contributed by atoms with Gasteiger partial charge >= 0.3 is 0 Å². The summed E-state index contributed by atoms with van der Waals surface area (Å²) in [6, 6.07) is 14.3. The Kier molecular flexibility index (Phi) is 7.20. The highest BCUT2D eigenvalue weighted by molar-refractivity contribution is 5.96. The van der Waals surface area contributed by atoms with Crippen LogP contribution in [0.1, 0.15) is 51.4 Å². The molecule has 5 rings (SSSR count). The molecule has 1 aromatic heterocycles. The quantitative estimate of drug-likeness (QED) is 0.474. The van der Waals surface area contributed by atoms with Gasteiger partial charge in [0.1, 0.15) is 5.75 Å². The lowest BCUT2D eigenvalue weighted by Crippen LogP contribution is -2.42. The Balaban J connectivity index is 1.35. The topological polar surface area (TPSA) is 117 Å². The molecule has 3 aromatic rings. The van der Waals surface area contributed by atoms with E-state index in [0.717, 1.165) is 36.2 Å². The van der Waals surface area contributed by atoms with Gasteiger partial charge in [-0.3, -0.25) is 19.1 Å². The number of aromatic hydroxyl groups is 1. The number of benzene rings is 2. The van der Waals surface area contributed by atoms with Crippen molar-refractivity contribution in [1.82, 2.24) is 25.3 Å². The molecule has 0 radical (unpaired) electrons. The fraction of sp³-hybridized carbons (Fsp3) is 0.357. The molecule has 0 saturated heterocycles. The number of carbonyl (C=O) groups excluding carboxylic acids is 3. The molecular formula is C28H31N5O4. The highest BCUT2D eigenvalue weighted by Crippen LogP contribution is 2.31. The fourth-order valence-electron chi connectivity index (χ4n) is 4.88. The molecule has 0 fully saturated rings. The first-order valence-electron chi connectivity index (χ1n) is 12.8. The molecule has 9 heteroatoms. The Labute approximate surface area is 215 Å². The number of hydrogen-bond donors (Lipinski definition) is 3. The van der Waals surface area contributed by atoms with E-state index in [4.69, 9.17) is 0 Å². The molecule has 2 aromatic carbocycles. The van der Waals surface area contributed by atoms with Crippen LogP contribution >= 0.6 is 0 Å². The maximum absolute atomic E-state index is 13.3. The summed E-state index contributed by atoms with van der Waals surface area (Å²) in [6.45, 7) is 1.98. The average molecular weight is 502 g/mol. The molecule has 2 aliphatic rings. The smallest absolute Gasteiger partial charge is 0.274 e. The van der Waals surface area contributed by atoms with E-state index in [2.05, 4.69) is 15.7 Å². The van der Waals surface area contributed by atoms with Gasteiger partial charge in [0.2, 0.25) is 5.91 Å². The van der Waals surface area contributed by atoms with E-state index in [9.17, 15) is 19.5 Å². The molecule has 9 nitrogen and oxygen atoms in total. The van der Waals surface area contributed by atoms with Gasteiger partial charge in [0, 0.05) is 43.0 Å².